The molecule has 1 aromatic carbocycles. The van der Waals surface area contributed by atoms with Crippen LogP contribution in [-0.2, 0) is 4.79 Å². The average molecular weight is 330 g/mol. The lowest BCUT2D eigenvalue weighted by atomic mass is 9.71. The van der Waals surface area contributed by atoms with Crippen LogP contribution < -0.4 is 5.32 Å². The molecule has 0 aromatic heterocycles. The molecule has 132 valence electrons. The van der Waals surface area contributed by atoms with Crippen LogP contribution in [0.4, 0.5) is 5.69 Å². The third-order valence-corrected chi connectivity index (χ3v) is 5.54. The first-order chi connectivity index (χ1) is 11.5. The standard InChI is InChI=1S/C20H30N2O2/c1-15(2)14-19(23)22-13-11-17(21-16-8-4-3-5-9-16)20(24)12-7-6-10-18(20)22/h3-5,8-9,15,17-18,21,24H,6-7,10-14H2,1-2H3/t17-,18-,20+/m1/s1. The van der Waals surface area contributed by atoms with Crippen molar-refractivity contribution in [3.63, 3.8) is 0 Å². The van der Waals surface area contributed by atoms with Crippen molar-refractivity contribution in [3.05, 3.63) is 30.3 Å². The number of carbonyl (C=O) groups is 1. The first-order valence-electron chi connectivity index (χ1n) is 9.34. The van der Waals surface area contributed by atoms with Crippen LogP contribution in [-0.4, -0.2) is 40.1 Å². The number of para-hydroxylation sites is 1. The average Bonchev–Trinajstić information content (AvgIpc) is 2.55. The van der Waals surface area contributed by atoms with E-state index >= 15 is 0 Å². The van der Waals surface area contributed by atoms with Gasteiger partial charge in [0.1, 0.15) is 5.60 Å². The summed E-state index contributed by atoms with van der Waals surface area (Å²) in [5.74, 6) is 0.558. The van der Waals surface area contributed by atoms with Gasteiger partial charge in [0.05, 0.1) is 12.1 Å². The van der Waals surface area contributed by atoms with Crippen molar-refractivity contribution in [1.82, 2.24) is 4.90 Å². The van der Waals surface area contributed by atoms with E-state index in [0.29, 0.717) is 12.3 Å². The first kappa shape index (κ1) is 17.3. The molecule has 2 N–H and O–H groups in total. The number of aliphatic hydroxyl groups is 1. The second-order valence-electron chi connectivity index (χ2n) is 7.79. The predicted octanol–water partition coefficient (Wildman–Crippen LogP) is 3.42. The minimum Gasteiger partial charge on any atom is -0.386 e. The van der Waals surface area contributed by atoms with Gasteiger partial charge in [-0.15, -0.1) is 0 Å². The van der Waals surface area contributed by atoms with Crippen LogP contribution in [0.3, 0.4) is 0 Å². The smallest absolute Gasteiger partial charge is 0.223 e. The predicted molar refractivity (Wildman–Crippen MR) is 96.8 cm³/mol. The number of nitrogens with zero attached hydrogens (tertiary/aromatic N) is 1. The third kappa shape index (κ3) is 3.44. The van der Waals surface area contributed by atoms with Gasteiger partial charge in [-0.05, 0) is 37.3 Å². The van der Waals surface area contributed by atoms with Crippen molar-refractivity contribution in [2.24, 2.45) is 5.92 Å². The second kappa shape index (κ2) is 7.14. The monoisotopic (exact) mass is 330 g/mol. The number of anilines is 1. The molecule has 1 heterocycles. The molecule has 0 radical (unpaired) electrons. The van der Waals surface area contributed by atoms with Gasteiger partial charge in [-0.25, -0.2) is 0 Å². The van der Waals surface area contributed by atoms with Crippen molar-refractivity contribution in [2.75, 3.05) is 11.9 Å². The second-order valence-corrected chi connectivity index (χ2v) is 7.79. The van der Waals surface area contributed by atoms with E-state index in [-0.39, 0.29) is 18.0 Å². The zero-order chi connectivity index (χ0) is 17.2. The van der Waals surface area contributed by atoms with Crippen molar-refractivity contribution in [3.8, 4) is 0 Å². The van der Waals surface area contributed by atoms with E-state index in [1.54, 1.807) is 0 Å². The van der Waals surface area contributed by atoms with Gasteiger partial charge >= 0.3 is 0 Å². The Bertz CT molecular complexity index is 560. The maximum Gasteiger partial charge on any atom is 0.223 e. The molecule has 2 fully saturated rings. The molecule has 1 aromatic rings. The summed E-state index contributed by atoms with van der Waals surface area (Å²) >= 11 is 0. The highest BCUT2D eigenvalue weighted by Gasteiger charge is 2.51. The normalized spacial score (nSPS) is 30.1. The van der Waals surface area contributed by atoms with Crippen LogP contribution >= 0.6 is 0 Å². The Morgan fingerprint density at radius 1 is 1.29 bits per heavy atom. The van der Waals surface area contributed by atoms with E-state index in [4.69, 9.17) is 0 Å². The molecule has 0 bridgehead atoms. The Kier molecular flexibility index (Phi) is 5.14. The van der Waals surface area contributed by atoms with Crippen molar-refractivity contribution in [1.29, 1.82) is 0 Å². The lowest BCUT2D eigenvalue weighted by Crippen LogP contribution is -2.68. The molecular weight excluding hydrogens is 300 g/mol. The molecule has 1 aliphatic carbocycles. The molecule has 1 saturated carbocycles. The van der Waals surface area contributed by atoms with Gasteiger partial charge in [0.15, 0.2) is 0 Å². The fourth-order valence-corrected chi connectivity index (χ4v) is 4.37. The topological polar surface area (TPSA) is 52.6 Å². The number of likely N-dealkylation sites (tertiary alicyclic amines) is 1. The number of hydrogen-bond donors (Lipinski definition) is 2. The summed E-state index contributed by atoms with van der Waals surface area (Å²) in [6.45, 7) is 4.90. The first-order valence-corrected chi connectivity index (χ1v) is 9.34. The highest BCUT2D eigenvalue weighted by Crippen LogP contribution is 2.40. The summed E-state index contributed by atoms with van der Waals surface area (Å²) in [7, 11) is 0. The largest absolute Gasteiger partial charge is 0.386 e. The Morgan fingerprint density at radius 3 is 2.75 bits per heavy atom. The highest BCUT2D eigenvalue weighted by atomic mass is 16.3. The van der Waals surface area contributed by atoms with Gasteiger partial charge in [0, 0.05) is 18.7 Å². The lowest BCUT2D eigenvalue weighted by molar-refractivity contribution is -0.154. The number of nitrogens with one attached hydrogen (secondary N) is 1. The van der Waals surface area contributed by atoms with Gasteiger partial charge in [-0.3, -0.25) is 4.79 Å². The fraction of sp³-hybridized carbons (Fsp3) is 0.650. The van der Waals surface area contributed by atoms with Crippen LogP contribution in [0.1, 0.15) is 52.4 Å². The molecule has 1 amide bonds. The van der Waals surface area contributed by atoms with Crippen LogP contribution in [0.2, 0.25) is 0 Å². The molecule has 0 unspecified atom stereocenters. The number of rotatable bonds is 4. The van der Waals surface area contributed by atoms with Gasteiger partial charge in [0.2, 0.25) is 5.91 Å². The number of hydrogen-bond acceptors (Lipinski definition) is 3. The lowest BCUT2D eigenvalue weighted by Gasteiger charge is -2.54. The summed E-state index contributed by atoms with van der Waals surface area (Å²) in [5.41, 5.74) is 0.223. The summed E-state index contributed by atoms with van der Waals surface area (Å²) in [6.07, 6.45) is 5.18. The number of fused-ring (bicyclic) bond motifs is 1. The maximum atomic E-state index is 12.7. The third-order valence-electron chi connectivity index (χ3n) is 5.54. The molecule has 2 aliphatic rings. The van der Waals surface area contributed by atoms with E-state index in [9.17, 15) is 9.90 Å². The molecular formula is C20H30N2O2. The molecule has 4 nitrogen and oxygen atoms in total. The van der Waals surface area contributed by atoms with E-state index in [2.05, 4.69) is 19.2 Å². The summed E-state index contributed by atoms with van der Waals surface area (Å²) in [4.78, 5) is 14.6. The maximum absolute atomic E-state index is 12.7. The molecule has 4 heteroatoms. The number of benzene rings is 1. The molecule has 3 atom stereocenters. The van der Waals surface area contributed by atoms with Crippen LogP contribution in [0, 0.1) is 5.92 Å². The number of piperidine rings is 1. The molecule has 24 heavy (non-hydrogen) atoms. The van der Waals surface area contributed by atoms with Crippen LogP contribution in [0.5, 0.6) is 0 Å². The molecule has 0 spiro atoms. The zero-order valence-corrected chi connectivity index (χ0v) is 14.9. The van der Waals surface area contributed by atoms with E-state index < -0.39 is 5.60 Å². The van der Waals surface area contributed by atoms with E-state index in [1.165, 1.54) is 0 Å². The van der Waals surface area contributed by atoms with Crippen molar-refractivity contribution >= 4 is 11.6 Å². The summed E-state index contributed by atoms with van der Waals surface area (Å²) in [5, 5.41) is 15.0. The minimum atomic E-state index is -0.820. The summed E-state index contributed by atoms with van der Waals surface area (Å²) in [6, 6.07) is 10.0. The zero-order valence-electron chi connectivity index (χ0n) is 14.9. The highest BCUT2D eigenvalue weighted by molar-refractivity contribution is 5.77. The van der Waals surface area contributed by atoms with E-state index in [0.717, 1.165) is 44.3 Å². The Hall–Kier alpha value is -1.55. The van der Waals surface area contributed by atoms with Gasteiger partial charge in [-0.1, -0.05) is 44.9 Å². The molecule has 1 aliphatic heterocycles. The number of carbonyl (C=O) groups excluding carboxylic acids is 1. The van der Waals surface area contributed by atoms with Gasteiger partial charge < -0.3 is 15.3 Å². The Morgan fingerprint density at radius 2 is 2.04 bits per heavy atom. The van der Waals surface area contributed by atoms with Crippen molar-refractivity contribution in [2.45, 2.75) is 70.1 Å². The molecule has 1 saturated heterocycles. The minimum absolute atomic E-state index is 0.00769. The van der Waals surface area contributed by atoms with Crippen LogP contribution in [0.15, 0.2) is 30.3 Å². The SMILES string of the molecule is CC(C)CC(=O)N1CC[C@@H](Nc2ccccc2)[C@@]2(O)CCCC[C@@H]12. The van der Waals surface area contributed by atoms with Gasteiger partial charge in [-0.2, -0.15) is 0 Å². The molecule has 3 rings (SSSR count). The van der Waals surface area contributed by atoms with Crippen molar-refractivity contribution < 1.29 is 9.90 Å². The van der Waals surface area contributed by atoms with Crippen LogP contribution in [0.25, 0.3) is 0 Å². The van der Waals surface area contributed by atoms with E-state index in [1.807, 2.05) is 35.2 Å². The number of amides is 1. The summed E-state index contributed by atoms with van der Waals surface area (Å²) < 4.78 is 0. The Labute approximate surface area is 145 Å². The quantitative estimate of drug-likeness (QED) is 0.889. The van der Waals surface area contributed by atoms with Gasteiger partial charge in [0.25, 0.3) is 0 Å². The Balaban J connectivity index is 1.79. The fourth-order valence-electron chi connectivity index (χ4n) is 4.37.